The van der Waals surface area contributed by atoms with Gasteiger partial charge in [0, 0.05) is 13.6 Å². The van der Waals surface area contributed by atoms with Crippen molar-refractivity contribution in [2.45, 2.75) is 33.7 Å². The Morgan fingerprint density at radius 2 is 2.00 bits per heavy atom. The van der Waals surface area contributed by atoms with Crippen LogP contribution in [-0.2, 0) is 18.3 Å². The number of hydrogen-bond acceptors (Lipinski definition) is 5. The predicted octanol–water partition coefficient (Wildman–Crippen LogP) is 0.866. The lowest BCUT2D eigenvalue weighted by Crippen LogP contribution is -2.40. The summed E-state index contributed by atoms with van der Waals surface area (Å²) in [6, 6.07) is 0. The molecule has 2 rings (SSSR count). The Balaban J connectivity index is 2.91. The summed E-state index contributed by atoms with van der Waals surface area (Å²) in [4.78, 5) is 40.9. The lowest BCUT2D eigenvalue weighted by atomic mass is 10.1. The highest BCUT2D eigenvalue weighted by Gasteiger charge is 2.23. The molecule has 1 atom stereocenters. The first-order valence-electron chi connectivity index (χ1n) is 7.10. The van der Waals surface area contributed by atoms with Crippen LogP contribution in [0.4, 0.5) is 4.79 Å². The monoisotopic (exact) mass is 308 g/mol. The van der Waals surface area contributed by atoms with E-state index >= 15 is 0 Å². The maximum atomic E-state index is 12.4. The minimum atomic E-state index is -0.703. The largest absolute Gasteiger partial charge is 0.452 e. The molecule has 0 aliphatic rings. The Labute approximate surface area is 126 Å². The van der Waals surface area contributed by atoms with Crippen molar-refractivity contribution >= 4 is 17.3 Å². The Morgan fingerprint density at radius 1 is 1.36 bits per heavy atom. The van der Waals surface area contributed by atoms with Gasteiger partial charge in [-0.3, -0.25) is 13.9 Å². The SMILES string of the molecule is CCC(C)Cn1c(=O)n(C)c(=O)c2c1nc(C)n2C(=O)OC. The van der Waals surface area contributed by atoms with Crippen LogP contribution in [0.15, 0.2) is 9.59 Å². The first kappa shape index (κ1) is 16.0. The number of aromatic nitrogens is 4. The van der Waals surface area contributed by atoms with Crippen LogP contribution in [-0.4, -0.2) is 31.9 Å². The van der Waals surface area contributed by atoms with Crippen LogP contribution in [0.2, 0.25) is 0 Å². The number of nitrogens with zero attached hydrogens (tertiary/aromatic N) is 4. The van der Waals surface area contributed by atoms with Gasteiger partial charge in [-0.25, -0.2) is 19.1 Å². The zero-order valence-electron chi connectivity index (χ0n) is 13.4. The van der Waals surface area contributed by atoms with E-state index in [1.807, 2.05) is 13.8 Å². The van der Waals surface area contributed by atoms with Crippen molar-refractivity contribution in [1.29, 1.82) is 0 Å². The van der Waals surface area contributed by atoms with Gasteiger partial charge >= 0.3 is 11.8 Å². The van der Waals surface area contributed by atoms with Crippen molar-refractivity contribution in [3.63, 3.8) is 0 Å². The van der Waals surface area contributed by atoms with Gasteiger partial charge < -0.3 is 4.74 Å². The molecular weight excluding hydrogens is 288 g/mol. The van der Waals surface area contributed by atoms with E-state index in [-0.39, 0.29) is 17.1 Å². The number of ether oxygens (including phenoxy) is 1. The summed E-state index contributed by atoms with van der Waals surface area (Å²) in [5.41, 5.74) is -0.718. The van der Waals surface area contributed by atoms with Gasteiger partial charge in [0.2, 0.25) is 0 Å². The summed E-state index contributed by atoms with van der Waals surface area (Å²) in [5.74, 6) is 0.546. The number of imidazole rings is 1. The minimum absolute atomic E-state index is 0.0646. The molecular formula is C14H20N4O4. The number of carbonyl (C=O) groups is 1. The van der Waals surface area contributed by atoms with E-state index in [2.05, 4.69) is 4.98 Å². The van der Waals surface area contributed by atoms with E-state index < -0.39 is 17.3 Å². The third-order valence-corrected chi connectivity index (χ3v) is 3.86. The molecule has 0 amide bonds. The standard InChI is InChI=1S/C14H20N4O4/c1-6-8(2)7-17-11-10(12(19)16(4)13(17)20)18(9(3)15-11)14(21)22-5/h8H,6-7H2,1-5H3. The second-order valence-corrected chi connectivity index (χ2v) is 5.41. The highest BCUT2D eigenvalue weighted by atomic mass is 16.5. The maximum Gasteiger partial charge on any atom is 0.419 e. The normalized spacial score (nSPS) is 12.6. The van der Waals surface area contributed by atoms with Crippen molar-refractivity contribution in [1.82, 2.24) is 18.7 Å². The quantitative estimate of drug-likeness (QED) is 0.839. The first-order valence-corrected chi connectivity index (χ1v) is 7.10. The Bertz CT molecular complexity index is 843. The molecule has 1 unspecified atom stereocenters. The second kappa shape index (κ2) is 5.78. The Kier molecular flexibility index (Phi) is 4.20. The molecule has 0 saturated carbocycles. The molecule has 120 valence electrons. The molecule has 0 radical (unpaired) electrons. The molecule has 8 heteroatoms. The fourth-order valence-corrected chi connectivity index (χ4v) is 2.33. The van der Waals surface area contributed by atoms with Gasteiger partial charge in [0.25, 0.3) is 5.56 Å². The van der Waals surface area contributed by atoms with Crippen molar-refractivity contribution < 1.29 is 9.53 Å². The molecule has 8 nitrogen and oxygen atoms in total. The maximum absolute atomic E-state index is 12.4. The zero-order chi connectivity index (χ0) is 16.6. The summed E-state index contributed by atoms with van der Waals surface area (Å²) in [6.45, 7) is 6.05. The van der Waals surface area contributed by atoms with Gasteiger partial charge in [-0.05, 0) is 12.8 Å². The van der Waals surface area contributed by atoms with Crippen LogP contribution < -0.4 is 11.2 Å². The van der Waals surface area contributed by atoms with Crippen LogP contribution in [0.3, 0.4) is 0 Å². The van der Waals surface area contributed by atoms with E-state index in [1.165, 1.54) is 18.7 Å². The number of fused-ring (bicyclic) bond motifs is 1. The lowest BCUT2D eigenvalue weighted by Gasteiger charge is -2.13. The fourth-order valence-electron chi connectivity index (χ4n) is 2.33. The number of aryl methyl sites for hydroxylation is 1. The van der Waals surface area contributed by atoms with E-state index in [0.717, 1.165) is 15.6 Å². The summed E-state index contributed by atoms with van der Waals surface area (Å²) in [7, 11) is 2.62. The minimum Gasteiger partial charge on any atom is -0.452 e. The van der Waals surface area contributed by atoms with Gasteiger partial charge in [-0.15, -0.1) is 0 Å². The van der Waals surface area contributed by atoms with Crippen LogP contribution >= 0.6 is 0 Å². The molecule has 0 spiro atoms. The van der Waals surface area contributed by atoms with E-state index in [4.69, 9.17) is 4.74 Å². The molecule has 0 fully saturated rings. The molecule has 0 bridgehead atoms. The summed E-state index contributed by atoms with van der Waals surface area (Å²) >= 11 is 0. The average molecular weight is 308 g/mol. The van der Waals surface area contributed by atoms with Crippen LogP contribution in [0.25, 0.3) is 11.2 Å². The zero-order valence-corrected chi connectivity index (χ0v) is 13.4. The summed E-state index contributed by atoms with van der Waals surface area (Å²) < 4.78 is 8.23. The van der Waals surface area contributed by atoms with Crippen LogP contribution in [0, 0.1) is 12.8 Å². The smallest absolute Gasteiger partial charge is 0.419 e. The van der Waals surface area contributed by atoms with Gasteiger partial charge in [0.05, 0.1) is 7.11 Å². The Morgan fingerprint density at radius 3 is 2.55 bits per heavy atom. The number of hydrogen-bond donors (Lipinski definition) is 0. The lowest BCUT2D eigenvalue weighted by molar-refractivity contribution is 0.173. The van der Waals surface area contributed by atoms with Crippen LogP contribution in [0.5, 0.6) is 0 Å². The molecule has 0 aliphatic heterocycles. The predicted molar refractivity (Wildman–Crippen MR) is 81.2 cm³/mol. The van der Waals surface area contributed by atoms with Gasteiger partial charge in [0.1, 0.15) is 5.82 Å². The molecule has 2 aromatic rings. The number of methoxy groups -OCH3 is 1. The molecule has 22 heavy (non-hydrogen) atoms. The van der Waals surface area contributed by atoms with E-state index in [1.54, 1.807) is 6.92 Å². The Hall–Kier alpha value is -2.38. The highest BCUT2D eigenvalue weighted by molar-refractivity contribution is 5.85. The van der Waals surface area contributed by atoms with E-state index in [0.29, 0.717) is 12.4 Å². The van der Waals surface area contributed by atoms with Gasteiger partial charge in [-0.1, -0.05) is 20.3 Å². The van der Waals surface area contributed by atoms with Crippen molar-refractivity contribution in [3.05, 3.63) is 26.7 Å². The highest BCUT2D eigenvalue weighted by Crippen LogP contribution is 2.13. The second-order valence-electron chi connectivity index (χ2n) is 5.41. The van der Waals surface area contributed by atoms with Gasteiger partial charge in [0.15, 0.2) is 11.2 Å². The molecule has 0 aromatic carbocycles. The molecule has 2 heterocycles. The third-order valence-electron chi connectivity index (χ3n) is 3.86. The average Bonchev–Trinajstić information content (AvgIpc) is 2.85. The topological polar surface area (TPSA) is 88.1 Å². The van der Waals surface area contributed by atoms with E-state index in [9.17, 15) is 14.4 Å². The van der Waals surface area contributed by atoms with Gasteiger partial charge in [-0.2, -0.15) is 0 Å². The fraction of sp³-hybridized carbons (Fsp3) is 0.571. The molecule has 0 aliphatic carbocycles. The molecule has 0 N–H and O–H groups in total. The summed E-state index contributed by atoms with van der Waals surface area (Å²) in [6.07, 6.45) is 0.179. The number of carbonyl (C=O) groups excluding carboxylic acids is 1. The molecule has 2 aromatic heterocycles. The third kappa shape index (κ3) is 2.34. The first-order chi connectivity index (χ1) is 10.3. The van der Waals surface area contributed by atoms with Crippen molar-refractivity contribution in [3.8, 4) is 0 Å². The summed E-state index contributed by atoms with van der Waals surface area (Å²) in [5, 5.41) is 0. The molecule has 0 saturated heterocycles. The number of rotatable bonds is 3. The van der Waals surface area contributed by atoms with Crippen molar-refractivity contribution in [2.75, 3.05) is 7.11 Å². The van der Waals surface area contributed by atoms with Crippen molar-refractivity contribution in [2.24, 2.45) is 13.0 Å². The van der Waals surface area contributed by atoms with Crippen LogP contribution in [0.1, 0.15) is 26.1 Å².